The fourth-order valence-electron chi connectivity index (χ4n) is 3.63. The van der Waals surface area contributed by atoms with E-state index in [1.54, 1.807) is 0 Å². The van der Waals surface area contributed by atoms with E-state index in [1.807, 2.05) is 20.8 Å². The molecule has 2 heteroatoms. The summed E-state index contributed by atoms with van der Waals surface area (Å²) in [5.74, 6) is -0.0317. The Bertz CT molecular complexity index is 356. The number of rotatable bonds is 17. The van der Waals surface area contributed by atoms with Crippen LogP contribution in [0.25, 0.3) is 0 Å². The van der Waals surface area contributed by atoms with Crippen molar-refractivity contribution in [2.24, 2.45) is 5.41 Å². The maximum Gasteiger partial charge on any atom is 0.311 e. The minimum absolute atomic E-state index is 0.0317. The summed E-state index contributed by atoms with van der Waals surface area (Å²) >= 11 is 0. The van der Waals surface area contributed by atoms with E-state index in [4.69, 9.17) is 4.74 Å². The first-order chi connectivity index (χ1) is 12.8. The molecule has 0 aliphatic rings. The molecule has 1 atom stereocenters. The molecule has 0 aromatic rings. The van der Waals surface area contributed by atoms with Crippen LogP contribution in [0.15, 0.2) is 0 Å². The molecule has 162 valence electrons. The molecule has 0 amide bonds. The number of esters is 1. The highest BCUT2D eigenvalue weighted by Gasteiger charge is 2.35. The Labute approximate surface area is 171 Å². The predicted molar refractivity (Wildman–Crippen MR) is 119 cm³/mol. The first-order valence-corrected chi connectivity index (χ1v) is 12.0. The van der Waals surface area contributed by atoms with Crippen LogP contribution in [0.1, 0.15) is 144 Å². The zero-order valence-electron chi connectivity index (χ0n) is 19.6. The van der Waals surface area contributed by atoms with Gasteiger partial charge in [0, 0.05) is 0 Å². The Hall–Kier alpha value is -0.530. The fourth-order valence-corrected chi connectivity index (χ4v) is 3.63. The summed E-state index contributed by atoms with van der Waals surface area (Å²) in [6.45, 7) is 12.6. The summed E-state index contributed by atoms with van der Waals surface area (Å²) in [7, 11) is 0. The molecule has 27 heavy (non-hydrogen) atoms. The second-order valence-electron chi connectivity index (χ2n) is 9.57. The van der Waals surface area contributed by atoms with Gasteiger partial charge in [0.25, 0.3) is 0 Å². The van der Waals surface area contributed by atoms with Gasteiger partial charge in [-0.05, 0) is 52.9 Å². The number of ether oxygens (including phenoxy) is 1. The lowest BCUT2D eigenvalue weighted by molar-refractivity contribution is -0.172. The molecule has 0 aliphatic heterocycles. The van der Waals surface area contributed by atoms with E-state index >= 15 is 0 Å². The van der Waals surface area contributed by atoms with Crippen molar-refractivity contribution in [3.8, 4) is 0 Å². The summed E-state index contributed by atoms with van der Waals surface area (Å²) < 4.78 is 6.17. The maximum atomic E-state index is 12.6. The molecular formula is C25H50O2. The normalized spacial score (nSPS) is 14.1. The summed E-state index contributed by atoms with van der Waals surface area (Å²) in [5.41, 5.74) is -0.651. The Balaban J connectivity index is 4.41. The van der Waals surface area contributed by atoms with Crippen LogP contribution < -0.4 is 0 Å². The van der Waals surface area contributed by atoms with E-state index in [1.165, 1.54) is 83.5 Å². The van der Waals surface area contributed by atoms with Gasteiger partial charge in [-0.3, -0.25) is 4.79 Å². The van der Waals surface area contributed by atoms with Gasteiger partial charge in [-0.2, -0.15) is 0 Å². The van der Waals surface area contributed by atoms with E-state index in [0.717, 1.165) is 19.3 Å². The zero-order valence-corrected chi connectivity index (χ0v) is 19.6. The molecule has 0 fully saturated rings. The molecule has 0 aromatic heterocycles. The molecule has 2 nitrogen and oxygen atoms in total. The minimum Gasteiger partial charge on any atom is -0.459 e. The number of carbonyl (C=O) groups is 1. The summed E-state index contributed by atoms with van der Waals surface area (Å²) in [6.07, 6.45) is 20.0. The number of hydrogen-bond donors (Lipinski definition) is 0. The summed E-state index contributed by atoms with van der Waals surface area (Å²) in [5, 5.41) is 0. The van der Waals surface area contributed by atoms with Gasteiger partial charge in [0.15, 0.2) is 0 Å². The average molecular weight is 383 g/mol. The topological polar surface area (TPSA) is 26.3 Å². The molecule has 0 heterocycles. The standard InChI is InChI=1S/C25H50O2/c1-7-10-12-14-15-16-17-18-20-22-25(9-3,21-19-13-11-8-2)27-23(26)24(4,5)6/h7-22H2,1-6H3. The monoisotopic (exact) mass is 382 g/mol. The van der Waals surface area contributed by atoms with Gasteiger partial charge in [0.05, 0.1) is 5.41 Å². The fraction of sp³-hybridized carbons (Fsp3) is 0.960. The van der Waals surface area contributed by atoms with Gasteiger partial charge < -0.3 is 4.74 Å². The lowest BCUT2D eigenvalue weighted by atomic mass is 9.86. The van der Waals surface area contributed by atoms with Crippen molar-refractivity contribution < 1.29 is 9.53 Å². The minimum atomic E-state index is -0.414. The zero-order chi connectivity index (χ0) is 20.6. The van der Waals surface area contributed by atoms with E-state index < -0.39 is 5.41 Å². The molecular weight excluding hydrogens is 332 g/mol. The highest BCUT2D eigenvalue weighted by atomic mass is 16.6. The Morgan fingerprint density at radius 2 is 1.00 bits per heavy atom. The SMILES string of the molecule is CCCCCCCCCCCC(CC)(CCCCCC)OC(=O)C(C)(C)C. The average Bonchev–Trinajstić information content (AvgIpc) is 2.62. The highest BCUT2D eigenvalue weighted by Crippen LogP contribution is 2.33. The quantitative estimate of drug-likeness (QED) is 0.186. The summed E-state index contributed by atoms with van der Waals surface area (Å²) in [4.78, 5) is 12.6. The molecule has 1 unspecified atom stereocenters. The first kappa shape index (κ1) is 26.5. The van der Waals surface area contributed by atoms with E-state index in [0.29, 0.717) is 0 Å². The molecule has 0 saturated heterocycles. The van der Waals surface area contributed by atoms with Crippen LogP contribution in [0.5, 0.6) is 0 Å². The van der Waals surface area contributed by atoms with Crippen molar-refractivity contribution in [1.82, 2.24) is 0 Å². The van der Waals surface area contributed by atoms with Gasteiger partial charge in [-0.15, -0.1) is 0 Å². The van der Waals surface area contributed by atoms with E-state index in [-0.39, 0.29) is 11.6 Å². The largest absolute Gasteiger partial charge is 0.459 e. The van der Waals surface area contributed by atoms with Crippen LogP contribution in [-0.4, -0.2) is 11.6 Å². The van der Waals surface area contributed by atoms with E-state index in [9.17, 15) is 4.79 Å². The Morgan fingerprint density at radius 3 is 1.37 bits per heavy atom. The van der Waals surface area contributed by atoms with Crippen molar-refractivity contribution in [1.29, 1.82) is 0 Å². The van der Waals surface area contributed by atoms with Crippen LogP contribution >= 0.6 is 0 Å². The number of hydrogen-bond acceptors (Lipinski definition) is 2. The van der Waals surface area contributed by atoms with Crippen molar-refractivity contribution >= 4 is 5.97 Å². The van der Waals surface area contributed by atoms with Gasteiger partial charge >= 0.3 is 5.97 Å². The maximum absolute atomic E-state index is 12.6. The number of carbonyl (C=O) groups excluding carboxylic acids is 1. The van der Waals surface area contributed by atoms with Crippen molar-refractivity contribution in [2.45, 2.75) is 150 Å². The van der Waals surface area contributed by atoms with Gasteiger partial charge in [0.1, 0.15) is 5.60 Å². The van der Waals surface area contributed by atoms with Crippen LogP contribution in [0.4, 0.5) is 0 Å². The Morgan fingerprint density at radius 1 is 0.630 bits per heavy atom. The highest BCUT2D eigenvalue weighted by molar-refractivity contribution is 5.75. The van der Waals surface area contributed by atoms with Crippen LogP contribution in [-0.2, 0) is 9.53 Å². The molecule has 0 aromatic carbocycles. The van der Waals surface area contributed by atoms with Crippen molar-refractivity contribution in [2.75, 3.05) is 0 Å². The second-order valence-corrected chi connectivity index (χ2v) is 9.57. The predicted octanol–water partition coefficient (Wildman–Crippen LogP) is 8.62. The molecule has 0 rings (SSSR count). The molecule has 0 N–H and O–H groups in total. The molecule has 0 aliphatic carbocycles. The third-order valence-corrected chi connectivity index (χ3v) is 5.79. The first-order valence-electron chi connectivity index (χ1n) is 12.0. The third-order valence-electron chi connectivity index (χ3n) is 5.79. The van der Waals surface area contributed by atoms with E-state index in [2.05, 4.69) is 20.8 Å². The van der Waals surface area contributed by atoms with Crippen LogP contribution in [0.2, 0.25) is 0 Å². The molecule has 0 radical (unpaired) electrons. The molecule has 0 spiro atoms. The van der Waals surface area contributed by atoms with Crippen molar-refractivity contribution in [3.63, 3.8) is 0 Å². The Kier molecular flexibility index (Phi) is 15.1. The molecule has 0 bridgehead atoms. The lowest BCUT2D eigenvalue weighted by Gasteiger charge is -2.35. The molecule has 0 saturated carbocycles. The van der Waals surface area contributed by atoms with Crippen LogP contribution in [0.3, 0.4) is 0 Å². The van der Waals surface area contributed by atoms with Crippen molar-refractivity contribution in [3.05, 3.63) is 0 Å². The lowest BCUT2D eigenvalue weighted by Crippen LogP contribution is -2.38. The van der Waals surface area contributed by atoms with Crippen LogP contribution in [0, 0.1) is 5.41 Å². The summed E-state index contributed by atoms with van der Waals surface area (Å²) in [6, 6.07) is 0. The van der Waals surface area contributed by atoms with Gasteiger partial charge in [-0.25, -0.2) is 0 Å². The smallest absolute Gasteiger partial charge is 0.311 e. The van der Waals surface area contributed by atoms with Gasteiger partial charge in [0.2, 0.25) is 0 Å². The van der Waals surface area contributed by atoms with Gasteiger partial charge in [-0.1, -0.05) is 91.4 Å². The third kappa shape index (κ3) is 13.3. The second kappa shape index (κ2) is 15.4. The number of unbranched alkanes of at least 4 members (excludes halogenated alkanes) is 11.